The minimum Gasteiger partial charge on any atom is -0.370 e. The molecule has 0 aromatic heterocycles. The molecule has 1 saturated carbocycles. The molecule has 0 aliphatic heterocycles. The minimum absolute atomic E-state index is 0.00895. The average Bonchev–Trinajstić information content (AvgIpc) is 2.46. The van der Waals surface area contributed by atoms with Crippen molar-refractivity contribution in [1.29, 1.82) is 5.26 Å². The Balaban J connectivity index is 2.05. The highest BCUT2D eigenvalue weighted by Crippen LogP contribution is 2.29. The fourth-order valence-corrected chi connectivity index (χ4v) is 2.67. The van der Waals surface area contributed by atoms with Gasteiger partial charge in [-0.1, -0.05) is 31.4 Å². The molecule has 2 nitrogen and oxygen atoms in total. The number of nitriles is 1. The molecule has 1 atom stereocenters. The van der Waals surface area contributed by atoms with Crippen molar-refractivity contribution in [1.82, 2.24) is 0 Å². The first-order valence-corrected chi connectivity index (χ1v) is 6.75. The van der Waals surface area contributed by atoms with Crippen molar-refractivity contribution in [3.8, 4) is 6.07 Å². The fourth-order valence-electron chi connectivity index (χ4n) is 2.67. The molecule has 0 heterocycles. The van der Waals surface area contributed by atoms with E-state index in [0.717, 1.165) is 25.7 Å². The van der Waals surface area contributed by atoms with Crippen LogP contribution in [0.4, 0.5) is 14.5 Å². The molecule has 102 valence electrons. The first-order chi connectivity index (χ1) is 9.20. The third kappa shape index (κ3) is 3.66. The highest BCUT2D eigenvalue weighted by atomic mass is 19.3. The van der Waals surface area contributed by atoms with E-state index in [9.17, 15) is 14.0 Å². The maximum atomic E-state index is 12.6. The Morgan fingerprint density at radius 3 is 2.58 bits per heavy atom. The second kappa shape index (κ2) is 6.51. The summed E-state index contributed by atoms with van der Waals surface area (Å²) >= 11 is 0. The van der Waals surface area contributed by atoms with E-state index in [0.29, 0.717) is 11.6 Å². The van der Waals surface area contributed by atoms with Gasteiger partial charge in [0.15, 0.2) is 0 Å². The van der Waals surface area contributed by atoms with Crippen molar-refractivity contribution in [3.63, 3.8) is 0 Å². The Hall–Kier alpha value is -1.63. The third-order valence-corrected chi connectivity index (χ3v) is 3.72. The van der Waals surface area contributed by atoms with Gasteiger partial charge >= 0.3 is 0 Å². The molecule has 1 aliphatic rings. The van der Waals surface area contributed by atoms with Crippen LogP contribution >= 0.6 is 0 Å². The lowest BCUT2D eigenvalue weighted by atomic mass is 9.84. The van der Waals surface area contributed by atoms with E-state index >= 15 is 0 Å². The molecule has 1 aromatic carbocycles. The lowest BCUT2D eigenvalue weighted by Crippen LogP contribution is -2.29. The molecule has 0 radical (unpaired) electrons. The molecule has 1 unspecified atom stereocenters. The van der Waals surface area contributed by atoms with Crippen LogP contribution in [0, 0.1) is 17.2 Å². The van der Waals surface area contributed by atoms with E-state index in [1.807, 2.05) is 0 Å². The summed E-state index contributed by atoms with van der Waals surface area (Å²) < 4.78 is 25.3. The highest BCUT2D eigenvalue weighted by molar-refractivity contribution is 5.48. The molecule has 1 aromatic rings. The van der Waals surface area contributed by atoms with Gasteiger partial charge in [0.25, 0.3) is 6.43 Å². The summed E-state index contributed by atoms with van der Waals surface area (Å²) in [5, 5.41) is 12.4. The van der Waals surface area contributed by atoms with Gasteiger partial charge in [0, 0.05) is 11.3 Å². The van der Waals surface area contributed by atoms with Gasteiger partial charge in [-0.3, -0.25) is 0 Å². The first-order valence-electron chi connectivity index (χ1n) is 6.75. The Kier molecular flexibility index (Phi) is 4.73. The highest BCUT2D eigenvalue weighted by Gasteiger charge is 2.23. The lowest BCUT2D eigenvalue weighted by molar-refractivity contribution is 0.151. The summed E-state index contributed by atoms with van der Waals surface area (Å²) in [6, 6.07) is 8.15. The second-order valence-electron chi connectivity index (χ2n) is 5.08. The predicted molar refractivity (Wildman–Crippen MR) is 71.0 cm³/mol. The summed E-state index contributed by atoms with van der Waals surface area (Å²) in [5.74, 6) is 0.328. The zero-order valence-electron chi connectivity index (χ0n) is 10.8. The maximum Gasteiger partial charge on any atom is 0.263 e. The number of nitrogens with zero attached hydrogens (tertiary/aromatic N) is 1. The van der Waals surface area contributed by atoms with E-state index in [4.69, 9.17) is 0 Å². The number of anilines is 1. The van der Waals surface area contributed by atoms with Gasteiger partial charge in [-0.05, 0) is 30.9 Å². The molecule has 19 heavy (non-hydrogen) atoms. The van der Waals surface area contributed by atoms with Gasteiger partial charge in [-0.25, -0.2) is 8.78 Å². The molecule has 1 aliphatic carbocycles. The van der Waals surface area contributed by atoms with Gasteiger partial charge in [0.2, 0.25) is 0 Å². The van der Waals surface area contributed by atoms with E-state index in [2.05, 4.69) is 11.4 Å². The van der Waals surface area contributed by atoms with Crippen LogP contribution in [0.5, 0.6) is 0 Å². The second-order valence-corrected chi connectivity index (χ2v) is 5.08. The Bertz CT molecular complexity index is 448. The van der Waals surface area contributed by atoms with E-state index in [1.54, 1.807) is 12.1 Å². The molecule has 0 saturated heterocycles. The zero-order chi connectivity index (χ0) is 13.7. The smallest absolute Gasteiger partial charge is 0.263 e. The number of alkyl halides is 2. The molecule has 0 bridgehead atoms. The van der Waals surface area contributed by atoms with Gasteiger partial charge < -0.3 is 5.32 Å². The number of hydrogen-bond acceptors (Lipinski definition) is 2. The van der Waals surface area contributed by atoms with Crippen LogP contribution in [0.3, 0.4) is 0 Å². The first kappa shape index (κ1) is 13.8. The van der Waals surface area contributed by atoms with Crippen molar-refractivity contribution in [2.24, 2.45) is 5.92 Å². The Morgan fingerprint density at radius 2 is 1.95 bits per heavy atom. The molecule has 1 N–H and O–H groups in total. The molecule has 1 fully saturated rings. The predicted octanol–water partition coefficient (Wildman–Crippen LogP) is 4.51. The maximum absolute atomic E-state index is 12.6. The summed E-state index contributed by atoms with van der Waals surface area (Å²) in [5.41, 5.74) is 0.597. The van der Waals surface area contributed by atoms with Crippen LogP contribution in [-0.4, -0.2) is 6.04 Å². The summed E-state index contributed by atoms with van der Waals surface area (Å²) in [6.07, 6.45) is 3.15. The molecular weight excluding hydrogens is 246 g/mol. The monoisotopic (exact) mass is 264 g/mol. The van der Waals surface area contributed by atoms with E-state index in [-0.39, 0.29) is 11.6 Å². The van der Waals surface area contributed by atoms with E-state index in [1.165, 1.54) is 18.6 Å². The van der Waals surface area contributed by atoms with Crippen LogP contribution in [0.1, 0.15) is 44.1 Å². The minimum atomic E-state index is -2.48. The van der Waals surface area contributed by atoms with Crippen molar-refractivity contribution in [3.05, 3.63) is 29.8 Å². The molecule has 2 rings (SSSR count). The van der Waals surface area contributed by atoms with Crippen LogP contribution in [0.2, 0.25) is 0 Å². The van der Waals surface area contributed by atoms with Gasteiger partial charge in [0.05, 0.1) is 6.07 Å². The molecular formula is C15H18F2N2. The van der Waals surface area contributed by atoms with Gasteiger partial charge in [-0.2, -0.15) is 5.26 Å². The number of rotatable bonds is 4. The number of nitrogens with one attached hydrogen (secondary N) is 1. The Labute approximate surface area is 112 Å². The molecule has 0 spiro atoms. The largest absolute Gasteiger partial charge is 0.370 e. The summed E-state index contributed by atoms with van der Waals surface area (Å²) in [6.45, 7) is 0. The third-order valence-electron chi connectivity index (χ3n) is 3.72. The molecule has 0 amide bonds. The molecule has 4 heteroatoms. The SMILES string of the molecule is N#CC(Nc1cccc(C(F)F)c1)C1CCCCC1. The van der Waals surface area contributed by atoms with Crippen LogP contribution in [0.25, 0.3) is 0 Å². The number of halogens is 2. The summed E-state index contributed by atoms with van der Waals surface area (Å²) in [4.78, 5) is 0. The van der Waals surface area contributed by atoms with Crippen LogP contribution < -0.4 is 5.32 Å². The van der Waals surface area contributed by atoms with E-state index < -0.39 is 6.43 Å². The van der Waals surface area contributed by atoms with Crippen molar-refractivity contribution in [2.75, 3.05) is 5.32 Å². The fraction of sp³-hybridized carbons (Fsp3) is 0.533. The van der Waals surface area contributed by atoms with Crippen LogP contribution in [-0.2, 0) is 0 Å². The van der Waals surface area contributed by atoms with Crippen molar-refractivity contribution < 1.29 is 8.78 Å². The van der Waals surface area contributed by atoms with Gasteiger partial charge in [0.1, 0.15) is 6.04 Å². The van der Waals surface area contributed by atoms with Crippen LogP contribution in [0.15, 0.2) is 24.3 Å². The number of benzene rings is 1. The summed E-state index contributed by atoms with van der Waals surface area (Å²) in [7, 11) is 0. The standard InChI is InChI=1S/C15H18F2N2/c16-15(17)12-7-4-8-13(9-12)19-14(10-18)11-5-2-1-3-6-11/h4,7-9,11,14-15,19H,1-3,5-6H2. The quantitative estimate of drug-likeness (QED) is 0.868. The zero-order valence-corrected chi connectivity index (χ0v) is 10.8. The van der Waals surface area contributed by atoms with Crippen molar-refractivity contribution >= 4 is 5.69 Å². The lowest BCUT2D eigenvalue weighted by Gasteiger charge is -2.27. The Morgan fingerprint density at radius 1 is 1.21 bits per heavy atom. The topological polar surface area (TPSA) is 35.8 Å². The normalized spacial score (nSPS) is 18.0. The van der Waals surface area contributed by atoms with Gasteiger partial charge in [-0.15, -0.1) is 0 Å². The number of hydrogen-bond donors (Lipinski definition) is 1. The van der Waals surface area contributed by atoms with Crippen molar-refractivity contribution in [2.45, 2.75) is 44.6 Å². The average molecular weight is 264 g/mol.